The zero-order valence-corrected chi connectivity index (χ0v) is 11.6. The van der Waals surface area contributed by atoms with Gasteiger partial charge in [-0.1, -0.05) is 23.7 Å². The SMILES string of the molecule is CCOC(=O)Cc1cn(-c2cccc(C)c2Cl)cn1. The molecule has 1 heterocycles. The molecule has 0 unspecified atom stereocenters. The topological polar surface area (TPSA) is 44.1 Å². The van der Waals surface area contributed by atoms with E-state index < -0.39 is 0 Å². The Balaban J connectivity index is 2.21. The van der Waals surface area contributed by atoms with E-state index in [-0.39, 0.29) is 12.4 Å². The summed E-state index contributed by atoms with van der Waals surface area (Å²) in [7, 11) is 0. The number of carbonyl (C=O) groups excluding carboxylic acids is 1. The minimum atomic E-state index is -0.275. The molecule has 0 aliphatic carbocycles. The van der Waals surface area contributed by atoms with Crippen LogP contribution in [0.5, 0.6) is 0 Å². The molecule has 2 rings (SSSR count). The fraction of sp³-hybridized carbons (Fsp3) is 0.286. The maximum Gasteiger partial charge on any atom is 0.311 e. The largest absolute Gasteiger partial charge is 0.466 e. The van der Waals surface area contributed by atoms with Gasteiger partial charge in [0.15, 0.2) is 0 Å². The number of ether oxygens (including phenoxy) is 1. The molecule has 100 valence electrons. The summed E-state index contributed by atoms with van der Waals surface area (Å²) >= 11 is 6.25. The lowest BCUT2D eigenvalue weighted by Crippen LogP contribution is -2.07. The Labute approximate surface area is 117 Å². The summed E-state index contributed by atoms with van der Waals surface area (Å²) in [4.78, 5) is 15.6. The molecule has 2 aromatic rings. The Morgan fingerprint density at radius 2 is 2.26 bits per heavy atom. The summed E-state index contributed by atoms with van der Waals surface area (Å²) < 4.78 is 6.70. The molecule has 0 saturated carbocycles. The van der Waals surface area contributed by atoms with Crippen molar-refractivity contribution in [2.45, 2.75) is 20.3 Å². The van der Waals surface area contributed by atoms with Crippen molar-refractivity contribution in [3.8, 4) is 5.69 Å². The number of halogens is 1. The van der Waals surface area contributed by atoms with E-state index in [1.807, 2.05) is 29.7 Å². The Morgan fingerprint density at radius 3 is 3.00 bits per heavy atom. The van der Waals surface area contributed by atoms with Crippen molar-refractivity contribution in [3.05, 3.63) is 47.0 Å². The molecule has 4 nitrogen and oxygen atoms in total. The monoisotopic (exact) mass is 278 g/mol. The zero-order valence-electron chi connectivity index (χ0n) is 10.9. The van der Waals surface area contributed by atoms with Crippen LogP contribution >= 0.6 is 11.6 Å². The summed E-state index contributed by atoms with van der Waals surface area (Å²) in [5.74, 6) is -0.275. The van der Waals surface area contributed by atoms with E-state index in [2.05, 4.69) is 4.98 Å². The van der Waals surface area contributed by atoms with Crippen LogP contribution in [-0.4, -0.2) is 22.1 Å². The summed E-state index contributed by atoms with van der Waals surface area (Å²) in [5, 5.41) is 0.683. The normalized spacial score (nSPS) is 10.5. The molecule has 1 aromatic carbocycles. The Bertz CT molecular complexity index is 593. The predicted octanol–water partition coefficient (Wildman–Crippen LogP) is 2.94. The van der Waals surface area contributed by atoms with Crippen molar-refractivity contribution >= 4 is 17.6 Å². The van der Waals surface area contributed by atoms with Gasteiger partial charge in [0, 0.05) is 6.20 Å². The van der Waals surface area contributed by atoms with Gasteiger partial charge in [-0.05, 0) is 25.5 Å². The predicted molar refractivity (Wildman–Crippen MR) is 73.6 cm³/mol. The molecule has 0 spiro atoms. The van der Waals surface area contributed by atoms with Crippen molar-refractivity contribution in [1.29, 1.82) is 0 Å². The fourth-order valence-electron chi connectivity index (χ4n) is 1.78. The van der Waals surface area contributed by atoms with E-state index in [1.165, 1.54) is 0 Å². The number of carbonyl (C=O) groups is 1. The minimum absolute atomic E-state index is 0.171. The average Bonchev–Trinajstić information content (AvgIpc) is 2.81. The molecule has 0 N–H and O–H groups in total. The summed E-state index contributed by atoms with van der Waals surface area (Å²) in [6, 6.07) is 5.79. The van der Waals surface area contributed by atoms with Crippen LogP contribution < -0.4 is 0 Å². The lowest BCUT2D eigenvalue weighted by Gasteiger charge is -2.06. The third kappa shape index (κ3) is 3.15. The number of nitrogens with zero attached hydrogens (tertiary/aromatic N) is 2. The van der Waals surface area contributed by atoms with Crippen molar-refractivity contribution in [2.75, 3.05) is 6.61 Å². The lowest BCUT2D eigenvalue weighted by molar-refractivity contribution is -0.142. The molecule has 5 heteroatoms. The quantitative estimate of drug-likeness (QED) is 0.808. The molecule has 0 fully saturated rings. The highest BCUT2D eigenvalue weighted by Crippen LogP contribution is 2.24. The second kappa shape index (κ2) is 5.89. The maximum atomic E-state index is 11.4. The molecular formula is C14H15ClN2O2. The highest BCUT2D eigenvalue weighted by atomic mass is 35.5. The molecular weight excluding hydrogens is 264 g/mol. The van der Waals surface area contributed by atoms with Crippen LogP contribution in [0.1, 0.15) is 18.2 Å². The van der Waals surface area contributed by atoms with Crippen molar-refractivity contribution in [3.63, 3.8) is 0 Å². The Morgan fingerprint density at radius 1 is 1.47 bits per heavy atom. The second-order valence-corrected chi connectivity index (χ2v) is 4.54. The molecule has 0 aliphatic heterocycles. The third-order valence-corrected chi connectivity index (χ3v) is 3.21. The molecule has 0 amide bonds. The van der Waals surface area contributed by atoms with Crippen LogP contribution in [-0.2, 0) is 16.0 Å². The van der Waals surface area contributed by atoms with Crippen LogP contribution in [0, 0.1) is 6.92 Å². The van der Waals surface area contributed by atoms with Crippen LogP contribution in [0.15, 0.2) is 30.7 Å². The molecule has 1 aromatic heterocycles. The molecule has 19 heavy (non-hydrogen) atoms. The number of hydrogen-bond acceptors (Lipinski definition) is 3. The van der Waals surface area contributed by atoms with E-state index >= 15 is 0 Å². The van der Waals surface area contributed by atoms with Crippen LogP contribution in [0.25, 0.3) is 5.69 Å². The fourth-order valence-corrected chi connectivity index (χ4v) is 2.00. The molecule has 0 saturated heterocycles. The second-order valence-electron chi connectivity index (χ2n) is 4.16. The van der Waals surface area contributed by atoms with Gasteiger partial charge < -0.3 is 9.30 Å². The van der Waals surface area contributed by atoms with Crippen molar-refractivity contribution in [2.24, 2.45) is 0 Å². The first kappa shape index (κ1) is 13.6. The number of aryl methyl sites for hydroxylation is 1. The van der Waals surface area contributed by atoms with E-state index in [1.54, 1.807) is 19.4 Å². The number of hydrogen-bond donors (Lipinski definition) is 0. The standard InChI is InChI=1S/C14H15ClN2O2/c1-3-19-13(18)7-11-8-17(9-16-11)12-6-4-5-10(2)14(12)15/h4-6,8-9H,3,7H2,1-2H3. The highest BCUT2D eigenvalue weighted by molar-refractivity contribution is 6.33. The smallest absolute Gasteiger partial charge is 0.311 e. The summed E-state index contributed by atoms with van der Waals surface area (Å²) in [6.07, 6.45) is 3.61. The number of imidazole rings is 1. The van der Waals surface area contributed by atoms with Gasteiger partial charge in [-0.3, -0.25) is 4.79 Å². The summed E-state index contributed by atoms with van der Waals surface area (Å²) in [6.45, 7) is 4.11. The van der Waals surface area contributed by atoms with Crippen LogP contribution in [0.2, 0.25) is 5.02 Å². The first-order valence-electron chi connectivity index (χ1n) is 6.05. The van der Waals surface area contributed by atoms with Crippen molar-refractivity contribution in [1.82, 2.24) is 9.55 Å². The third-order valence-electron chi connectivity index (χ3n) is 2.72. The number of rotatable bonds is 4. The summed E-state index contributed by atoms with van der Waals surface area (Å²) in [5.41, 5.74) is 2.51. The van der Waals surface area contributed by atoms with Gasteiger partial charge in [-0.25, -0.2) is 4.98 Å². The van der Waals surface area contributed by atoms with Gasteiger partial charge in [-0.2, -0.15) is 0 Å². The van der Waals surface area contributed by atoms with Crippen molar-refractivity contribution < 1.29 is 9.53 Å². The van der Waals surface area contributed by atoms with Gasteiger partial charge in [-0.15, -0.1) is 0 Å². The Kier molecular flexibility index (Phi) is 4.22. The minimum Gasteiger partial charge on any atom is -0.466 e. The van der Waals surface area contributed by atoms with E-state index in [9.17, 15) is 4.79 Å². The van der Waals surface area contributed by atoms with Gasteiger partial charge >= 0.3 is 5.97 Å². The van der Waals surface area contributed by atoms with Crippen LogP contribution in [0.4, 0.5) is 0 Å². The maximum absolute atomic E-state index is 11.4. The molecule has 0 radical (unpaired) electrons. The number of aromatic nitrogens is 2. The lowest BCUT2D eigenvalue weighted by atomic mass is 10.2. The average molecular weight is 279 g/mol. The number of benzene rings is 1. The first-order valence-corrected chi connectivity index (χ1v) is 6.43. The Hall–Kier alpha value is -1.81. The molecule has 0 atom stereocenters. The van der Waals surface area contributed by atoms with Gasteiger partial charge in [0.1, 0.15) is 0 Å². The van der Waals surface area contributed by atoms with E-state index in [0.29, 0.717) is 17.3 Å². The molecule has 0 bridgehead atoms. The van der Waals surface area contributed by atoms with Crippen LogP contribution in [0.3, 0.4) is 0 Å². The zero-order chi connectivity index (χ0) is 13.8. The first-order chi connectivity index (χ1) is 9.11. The van der Waals surface area contributed by atoms with E-state index in [4.69, 9.17) is 16.3 Å². The highest BCUT2D eigenvalue weighted by Gasteiger charge is 2.09. The number of esters is 1. The van der Waals surface area contributed by atoms with E-state index in [0.717, 1.165) is 11.3 Å². The van der Waals surface area contributed by atoms with Gasteiger partial charge in [0.05, 0.1) is 35.8 Å². The van der Waals surface area contributed by atoms with Gasteiger partial charge in [0.25, 0.3) is 0 Å². The molecule has 0 aliphatic rings. The van der Waals surface area contributed by atoms with Gasteiger partial charge in [0.2, 0.25) is 0 Å².